The minimum Gasteiger partial charge on any atom is -0.469 e. The van der Waals surface area contributed by atoms with Crippen LogP contribution in [0.2, 0.25) is 0 Å². The Morgan fingerprint density at radius 3 is 3.00 bits per heavy atom. The second kappa shape index (κ2) is 7.41. The zero-order valence-corrected chi connectivity index (χ0v) is 13.1. The van der Waals surface area contributed by atoms with Crippen LogP contribution in [0.1, 0.15) is 5.69 Å². The molecule has 2 heterocycles. The lowest BCUT2D eigenvalue weighted by Crippen LogP contribution is -2.14. The molecular weight excluding hydrogens is 316 g/mol. The van der Waals surface area contributed by atoms with E-state index in [0.29, 0.717) is 16.6 Å². The van der Waals surface area contributed by atoms with Crippen molar-refractivity contribution >= 4 is 51.4 Å². The van der Waals surface area contributed by atoms with Gasteiger partial charge in [0.15, 0.2) is 5.13 Å². The number of esters is 1. The van der Waals surface area contributed by atoms with Gasteiger partial charge >= 0.3 is 5.97 Å². The summed E-state index contributed by atoms with van der Waals surface area (Å²) in [5, 5.41) is 6.92. The Kier molecular flexibility index (Phi) is 5.57. The average molecular weight is 328 g/mol. The summed E-state index contributed by atoms with van der Waals surface area (Å²) in [6.45, 7) is 0. The minimum absolute atomic E-state index is 0.109. The molecule has 0 aliphatic carbocycles. The highest BCUT2D eigenvalue weighted by atomic mass is 32.2. The summed E-state index contributed by atoms with van der Waals surface area (Å²) < 4.78 is 5.66. The van der Waals surface area contributed by atoms with Gasteiger partial charge in [-0.3, -0.25) is 9.59 Å². The van der Waals surface area contributed by atoms with Crippen molar-refractivity contribution in [2.24, 2.45) is 0 Å². The van der Waals surface area contributed by atoms with Crippen LogP contribution in [0, 0.1) is 0 Å². The third-order valence-electron chi connectivity index (χ3n) is 2.19. The molecule has 0 fully saturated rings. The Labute approximate surface area is 128 Å². The Morgan fingerprint density at radius 2 is 2.30 bits per heavy atom. The molecule has 2 aromatic rings. The number of aromatic nitrogens is 1. The number of thioether (sulfide) groups is 1. The van der Waals surface area contributed by atoms with Crippen molar-refractivity contribution in [3.05, 3.63) is 28.6 Å². The molecule has 0 bridgehead atoms. The molecule has 0 spiro atoms. The number of hydrogen-bond acceptors (Lipinski definition) is 7. The predicted octanol–water partition coefficient (Wildman–Crippen LogP) is 2.65. The van der Waals surface area contributed by atoms with Crippen LogP contribution in [-0.4, -0.2) is 29.7 Å². The van der Waals surface area contributed by atoms with Gasteiger partial charge in [-0.25, -0.2) is 4.98 Å². The summed E-state index contributed by atoms with van der Waals surface area (Å²) in [7, 11) is 1.33. The number of thiazole rings is 1. The van der Waals surface area contributed by atoms with Crippen LogP contribution in [0.25, 0.3) is 0 Å². The molecule has 8 heteroatoms. The fourth-order valence-corrected chi connectivity index (χ4v) is 3.61. The molecule has 0 aromatic carbocycles. The smallest absolute Gasteiger partial charge is 0.311 e. The van der Waals surface area contributed by atoms with Crippen LogP contribution < -0.4 is 5.32 Å². The quantitative estimate of drug-likeness (QED) is 0.652. The van der Waals surface area contributed by atoms with Crippen molar-refractivity contribution in [2.75, 3.05) is 18.2 Å². The van der Waals surface area contributed by atoms with Crippen molar-refractivity contribution in [1.29, 1.82) is 0 Å². The normalized spacial score (nSPS) is 10.2. The molecular formula is C12H12N2O3S3. The van der Waals surface area contributed by atoms with Crippen molar-refractivity contribution in [2.45, 2.75) is 10.6 Å². The van der Waals surface area contributed by atoms with E-state index < -0.39 is 0 Å². The Morgan fingerprint density at radius 1 is 1.45 bits per heavy atom. The molecule has 106 valence electrons. The first-order valence-corrected chi connectivity index (χ1v) is 8.39. The van der Waals surface area contributed by atoms with E-state index in [0.717, 1.165) is 4.21 Å². The van der Waals surface area contributed by atoms with Crippen LogP contribution in [-0.2, 0) is 20.7 Å². The van der Waals surface area contributed by atoms with E-state index in [2.05, 4.69) is 15.0 Å². The average Bonchev–Trinajstić information content (AvgIpc) is 3.08. The maximum Gasteiger partial charge on any atom is 0.311 e. The third-order valence-corrected chi connectivity index (χ3v) is 5.13. The highest BCUT2D eigenvalue weighted by molar-refractivity contribution is 8.01. The maximum atomic E-state index is 11.7. The van der Waals surface area contributed by atoms with Gasteiger partial charge in [-0.05, 0) is 11.4 Å². The number of rotatable bonds is 6. The van der Waals surface area contributed by atoms with Gasteiger partial charge < -0.3 is 10.1 Å². The van der Waals surface area contributed by atoms with Gasteiger partial charge in [0.2, 0.25) is 5.91 Å². The summed E-state index contributed by atoms with van der Waals surface area (Å²) >= 11 is 4.38. The van der Waals surface area contributed by atoms with Gasteiger partial charge in [-0.15, -0.1) is 34.4 Å². The lowest BCUT2D eigenvalue weighted by Gasteiger charge is -2.00. The largest absolute Gasteiger partial charge is 0.469 e. The zero-order valence-electron chi connectivity index (χ0n) is 10.6. The number of carbonyl (C=O) groups is 2. The Hall–Kier alpha value is -1.38. The summed E-state index contributed by atoms with van der Waals surface area (Å²) in [6, 6.07) is 3.92. The van der Waals surface area contributed by atoms with Gasteiger partial charge in [-0.2, -0.15) is 0 Å². The molecule has 20 heavy (non-hydrogen) atoms. The van der Waals surface area contributed by atoms with Gasteiger partial charge in [0.25, 0.3) is 0 Å². The molecule has 0 aliphatic rings. The van der Waals surface area contributed by atoms with Crippen LogP contribution >= 0.6 is 34.4 Å². The number of amides is 1. The van der Waals surface area contributed by atoms with Crippen LogP contribution in [0.15, 0.2) is 27.1 Å². The standard InChI is InChI=1S/C12H12N2O3S3/c1-17-10(16)5-8-6-20-12(13-8)14-9(15)7-19-11-3-2-4-18-11/h2-4,6H,5,7H2,1H3,(H,13,14,15). The van der Waals surface area contributed by atoms with Crippen LogP contribution in [0.5, 0.6) is 0 Å². The van der Waals surface area contributed by atoms with E-state index in [1.807, 2.05) is 17.5 Å². The molecule has 5 nitrogen and oxygen atoms in total. The first-order chi connectivity index (χ1) is 9.67. The summed E-state index contributed by atoms with van der Waals surface area (Å²) in [5.74, 6) is -0.115. The van der Waals surface area contributed by atoms with Crippen molar-refractivity contribution in [3.63, 3.8) is 0 Å². The van der Waals surface area contributed by atoms with E-state index in [9.17, 15) is 9.59 Å². The molecule has 0 unspecified atom stereocenters. The number of thiophene rings is 1. The fraction of sp³-hybridized carbons (Fsp3) is 0.250. The van der Waals surface area contributed by atoms with Gasteiger partial charge in [0.05, 0.1) is 29.2 Å². The third kappa shape index (κ3) is 4.62. The molecule has 0 atom stereocenters. The van der Waals surface area contributed by atoms with Crippen LogP contribution in [0.4, 0.5) is 5.13 Å². The SMILES string of the molecule is COC(=O)Cc1csc(NC(=O)CSc2cccs2)n1. The summed E-state index contributed by atoms with van der Waals surface area (Å²) in [6.07, 6.45) is 0.118. The molecule has 0 aliphatic heterocycles. The van der Waals surface area contributed by atoms with E-state index in [4.69, 9.17) is 0 Å². The van der Waals surface area contributed by atoms with E-state index >= 15 is 0 Å². The number of nitrogens with one attached hydrogen (secondary N) is 1. The predicted molar refractivity (Wildman–Crippen MR) is 81.5 cm³/mol. The molecule has 1 amide bonds. The molecule has 2 aromatic heterocycles. The zero-order chi connectivity index (χ0) is 14.4. The lowest BCUT2D eigenvalue weighted by atomic mass is 10.3. The Bertz CT molecular complexity index is 581. The van der Waals surface area contributed by atoms with Gasteiger partial charge in [-0.1, -0.05) is 6.07 Å². The maximum absolute atomic E-state index is 11.7. The monoisotopic (exact) mass is 328 g/mol. The second-order valence-corrected chi connectivity index (χ2v) is 6.75. The van der Waals surface area contributed by atoms with Crippen molar-refractivity contribution in [3.8, 4) is 0 Å². The topological polar surface area (TPSA) is 68.3 Å². The van der Waals surface area contributed by atoms with Gasteiger partial charge in [0, 0.05) is 5.38 Å². The number of nitrogens with zero attached hydrogens (tertiary/aromatic N) is 1. The van der Waals surface area contributed by atoms with Crippen molar-refractivity contribution in [1.82, 2.24) is 4.98 Å². The lowest BCUT2D eigenvalue weighted by molar-refractivity contribution is -0.139. The molecule has 1 N–H and O–H groups in total. The van der Waals surface area contributed by atoms with E-state index in [1.54, 1.807) is 16.7 Å². The molecule has 0 saturated heterocycles. The molecule has 0 saturated carbocycles. The second-order valence-electron chi connectivity index (χ2n) is 3.67. The Balaban J connectivity index is 1.80. The van der Waals surface area contributed by atoms with Crippen molar-refractivity contribution < 1.29 is 14.3 Å². The number of anilines is 1. The summed E-state index contributed by atoms with van der Waals surface area (Å²) in [5.41, 5.74) is 0.600. The minimum atomic E-state index is -0.346. The number of methoxy groups -OCH3 is 1. The highest BCUT2D eigenvalue weighted by Gasteiger charge is 2.10. The van der Waals surface area contributed by atoms with Gasteiger partial charge in [0.1, 0.15) is 0 Å². The molecule has 2 rings (SSSR count). The fourth-order valence-electron chi connectivity index (χ4n) is 1.30. The number of carbonyl (C=O) groups excluding carboxylic acids is 2. The van der Waals surface area contributed by atoms with E-state index in [1.165, 1.54) is 30.2 Å². The first kappa shape index (κ1) is 15.0. The number of ether oxygens (including phenoxy) is 1. The number of hydrogen-bond donors (Lipinski definition) is 1. The molecule has 0 radical (unpaired) electrons. The highest BCUT2D eigenvalue weighted by Crippen LogP contribution is 2.23. The van der Waals surface area contributed by atoms with E-state index in [-0.39, 0.29) is 18.3 Å². The first-order valence-electron chi connectivity index (χ1n) is 5.64. The van der Waals surface area contributed by atoms with Crippen LogP contribution in [0.3, 0.4) is 0 Å². The summed E-state index contributed by atoms with van der Waals surface area (Å²) in [4.78, 5) is 27.0.